The predicted molar refractivity (Wildman–Crippen MR) is 110 cm³/mol. The summed E-state index contributed by atoms with van der Waals surface area (Å²) in [4.78, 5) is 30.3. The Morgan fingerprint density at radius 1 is 1.26 bits per heavy atom. The summed E-state index contributed by atoms with van der Waals surface area (Å²) in [6.45, 7) is 6.48. The normalized spacial score (nSPS) is 18.6. The quantitative estimate of drug-likeness (QED) is 0.707. The second-order valence-electron chi connectivity index (χ2n) is 9.44. The third kappa shape index (κ3) is 3.97. The molecule has 0 atom stereocenters. The van der Waals surface area contributed by atoms with Gasteiger partial charge in [0, 0.05) is 42.5 Å². The third-order valence-electron chi connectivity index (χ3n) is 5.80. The first-order chi connectivity index (χ1) is 14.3. The van der Waals surface area contributed by atoms with Crippen molar-refractivity contribution >= 4 is 33.6 Å². The molecule has 0 unspecified atom stereocenters. The van der Waals surface area contributed by atoms with Crippen molar-refractivity contribution in [2.24, 2.45) is 5.41 Å². The summed E-state index contributed by atoms with van der Waals surface area (Å²) in [6.07, 6.45) is -3.59. The van der Waals surface area contributed by atoms with Gasteiger partial charge in [0.2, 0.25) is 0 Å². The summed E-state index contributed by atoms with van der Waals surface area (Å²) in [5.41, 5.74) is -0.808. The number of carbonyl (C=O) groups excluding carboxylic acids is 2. The van der Waals surface area contributed by atoms with Gasteiger partial charge in [-0.3, -0.25) is 9.78 Å². The van der Waals surface area contributed by atoms with Gasteiger partial charge in [-0.15, -0.1) is 11.3 Å². The van der Waals surface area contributed by atoms with Crippen LogP contribution in [-0.2, 0) is 10.9 Å². The Hall–Kier alpha value is -2.36. The highest BCUT2D eigenvalue weighted by Crippen LogP contribution is 2.56. The predicted octanol–water partition coefficient (Wildman–Crippen LogP) is 4.79. The van der Waals surface area contributed by atoms with Gasteiger partial charge in [0.25, 0.3) is 5.91 Å². The molecular formula is C21H24F3N3O3S. The monoisotopic (exact) mass is 455 g/mol. The first-order valence-corrected chi connectivity index (χ1v) is 10.9. The molecule has 1 saturated heterocycles. The van der Waals surface area contributed by atoms with Crippen LogP contribution in [0.15, 0.2) is 11.4 Å². The Bertz CT molecular complexity index is 1040. The molecule has 2 aliphatic rings. The fourth-order valence-electron chi connectivity index (χ4n) is 4.42. The number of amides is 2. The lowest BCUT2D eigenvalue weighted by Gasteiger charge is -2.58. The van der Waals surface area contributed by atoms with Crippen LogP contribution in [0.1, 0.15) is 61.1 Å². The smallest absolute Gasteiger partial charge is 0.417 e. The fourth-order valence-corrected chi connectivity index (χ4v) is 5.44. The summed E-state index contributed by atoms with van der Waals surface area (Å²) in [6, 6.07) is 1.12. The molecule has 1 aliphatic heterocycles. The number of fused-ring (bicyclic) bond motifs is 1. The van der Waals surface area contributed by atoms with Gasteiger partial charge < -0.3 is 15.0 Å². The summed E-state index contributed by atoms with van der Waals surface area (Å²) in [7, 11) is 1.43. The number of hydrogen-bond donors (Lipinski definition) is 1. The van der Waals surface area contributed by atoms with Crippen molar-refractivity contribution in [3.8, 4) is 0 Å². The lowest BCUT2D eigenvalue weighted by atomic mass is 9.57. The molecule has 0 radical (unpaired) electrons. The zero-order valence-electron chi connectivity index (χ0n) is 17.7. The SMILES string of the molecule is CNC(=O)c1csc2c(C(F)(F)F)cc(C3CC4(C3)CN(C(=O)OC(C)(C)C)C4)nc12. The molecule has 3 heterocycles. The number of thiophene rings is 1. The maximum Gasteiger partial charge on any atom is 0.417 e. The van der Waals surface area contributed by atoms with Gasteiger partial charge in [0.05, 0.1) is 21.3 Å². The van der Waals surface area contributed by atoms with E-state index in [4.69, 9.17) is 4.74 Å². The minimum absolute atomic E-state index is 0.0244. The highest BCUT2D eigenvalue weighted by Gasteiger charge is 2.55. The van der Waals surface area contributed by atoms with Crippen molar-refractivity contribution in [2.45, 2.75) is 51.3 Å². The van der Waals surface area contributed by atoms with E-state index in [2.05, 4.69) is 10.3 Å². The molecule has 2 aromatic rings. The Morgan fingerprint density at radius 2 is 1.90 bits per heavy atom. The molecule has 1 saturated carbocycles. The second kappa shape index (κ2) is 7.08. The first kappa shape index (κ1) is 21.9. The van der Waals surface area contributed by atoms with Crippen LogP contribution < -0.4 is 5.32 Å². The number of nitrogens with zero attached hydrogens (tertiary/aromatic N) is 2. The van der Waals surface area contributed by atoms with E-state index in [0.29, 0.717) is 31.6 Å². The van der Waals surface area contributed by atoms with Crippen LogP contribution in [0.3, 0.4) is 0 Å². The van der Waals surface area contributed by atoms with Crippen LogP contribution in [0.25, 0.3) is 10.2 Å². The summed E-state index contributed by atoms with van der Waals surface area (Å²) in [5, 5.41) is 3.87. The molecule has 0 bridgehead atoms. The van der Waals surface area contributed by atoms with E-state index in [1.165, 1.54) is 12.4 Å². The number of nitrogens with one attached hydrogen (secondary N) is 1. The molecule has 0 aromatic carbocycles. The van der Waals surface area contributed by atoms with E-state index in [9.17, 15) is 22.8 Å². The maximum absolute atomic E-state index is 13.7. The summed E-state index contributed by atoms with van der Waals surface area (Å²) < 4.78 is 46.4. The second-order valence-corrected chi connectivity index (χ2v) is 10.3. The van der Waals surface area contributed by atoms with Crippen molar-refractivity contribution in [1.82, 2.24) is 15.2 Å². The van der Waals surface area contributed by atoms with E-state index >= 15 is 0 Å². The van der Waals surface area contributed by atoms with Gasteiger partial charge in [-0.2, -0.15) is 13.2 Å². The molecule has 2 fully saturated rings. The van der Waals surface area contributed by atoms with E-state index in [1.807, 2.05) is 0 Å². The zero-order chi connectivity index (χ0) is 22.8. The lowest BCUT2D eigenvalue weighted by molar-refractivity contribution is -0.136. The zero-order valence-corrected chi connectivity index (χ0v) is 18.5. The molecule has 2 aromatic heterocycles. The van der Waals surface area contributed by atoms with E-state index < -0.39 is 23.2 Å². The van der Waals surface area contributed by atoms with Gasteiger partial charge in [0.1, 0.15) is 5.60 Å². The van der Waals surface area contributed by atoms with Gasteiger partial charge >= 0.3 is 12.3 Å². The van der Waals surface area contributed by atoms with E-state index in [1.54, 1.807) is 25.7 Å². The molecular weight excluding hydrogens is 431 g/mol. The van der Waals surface area contributed by atoms with Crippen LogP contribution >= 0.6 is 11.3 Å². The molecule has 31 heavy (non-hydrogen) atoms. The van der Waals surface area contributed by atoms with Crippen LogP contribution in [-0.4, -0.2) is 47.6 Å². The van der Waals surface area contributed by atoms with Crippen LogP contribution in [0.4, 0.5) is 18.0 Å². The molecule has 1 aliphatic carbocycles. The number of likely N-dealkylation sites (tertiary alicyclic amines) is 1. The molecule has 6 nitrogen and oxygen atoms in total. The summed E-state index contributed by atoms with van der Waals surface area (Å²) in [5.74, 6) is -0.593. The number of alkyl halides is 3. The first-order valence-electron chi connectivity index (χ1n) is 10.0. The minimum Gasteiger partial charge on any atom is -0.444 e. The number of carbonyl (C=O) groups is 2. The Labute approximate surface area is 181 Å². The Kier molecular flexibility index (Phi) is 4.99. The molecule has 4 rings (SSSR count). The number of pyridine rings is 1. The molecule has 168 valence electrons. The number of aromatic nitrogens is 1. The topological polar surface area (TPSA) is 71.5 Å². The highest BCUT2D eigenvalue weighted by atomic mass is 32.1. The van der Waals surface area contributed by atoms with Gasteiger partial charge in [-0.1, -0.05) is 0 Å². The number of halogens is 3. The molecule has 10 heteroatoms. The van der Waals surface area contributed by atoms with Crippen molar-refractivity contribution in [3.05, 3.63) is 28.3 Å². The highest BCUT2D eigenvalue weighted by molar-refractivity contribution is 7.17. The molecule has 2 amide bonds. The van der Waals surface area contributed by atoms with Crippen LogP contribution in [0, 0.1) is 5.41 Å². The average molecular weight is 456 g/mol. The standard InChI is InChI=1S/C21H24F3N3O3S/c1-19(2,3)30-18(29)27-9-20(10-27)6-11(7-20)14-5-13(21(22,23)24)16-15(26-14)12(8-31-16)17(28)25-4/h5,8,11H,6-7,9-10H2,1-4H3,(H,25,28). The van der Waals surface area contributed by atoms with Crippen LogP contribution in [0.2, 0.25) is 0 Å². The Balaban J connectivity index is 1.54. The van der Waals surface area contributed by atoms with Gasteiger partial charge in [0.15, 0.2) is 0 Å². The maximum atomic E-state index is 13.7. The van der Waals surface area contributed by atoms with Crippen molar-refractivity contribution < 1.29 is 27.5 Å². The van der Waals surface area contributed by atoms with Crippen LogP contribution in [0.5, 0.6) is 0 Å². The summed E-state index contributed by atoms with van der Waals surface area (Å²) >= 11 is 0.879. The van der Waals surface area contributed by atoms with E-state index in [0.717, 1.165) is 17.4 Å². The van der Waals surface area contributed by atoms with E-state index in [-0.39, 0.29) is 33.2 Å². The van der Waals surface area contributed by atoms with Crippen molar-refractivity contribution in [3.63, 3.8) is 0 Å². The third-order valence-corrected chi connectivity index (χ3v) is 6.80. The number of hydrogen-bond acceptors (Lipinski definition) is 5. The van der Waals surface area contributed by atoms with Crippen molar-refractivity contribution in [2.75, 3.05) is 20.1 Å². The average Bonchev–Trinajstić information content (AvgIpc) is 2.99. The van der Waals surface area contributed by atoms with Gasteiger partial charge in [-0.05, 0) is 39.7 Å². The van der Waals surface area contributed by atoms with Crippen molar-refractivity contribution in [1.29, 1.82) is 0 Å². The van der Waals surface area contributed by atoms with Gasteiger partial charge in [-0.25, -0.2) is 4.79 Å². The Morgan fingerprint density at radius 3 is 2.45 bits per heavy atom. The minimum atomic E-state index is -4.54. The number of rotatable bonds is 2. The fraction of sp³-hybridized carbons (Fsp3) is 0.571. The lowest BCUT2D eigenvalue weighted by Crippen LogP contribution is -2.63. The molecule has 1 N–H and O–H groups in total. The number of ether oxygens (including phenoxy) is 1. The molecule has 1 spiro atoms. The largest absolute Gasteiger partial charge is 0.444 e.